The molecular weight excluding hydrogens is 390 g/mol. The molecule has 0 aromatic heterocycles. The lowest BCUT2D eigenvalue weighted by atomic mass is 10.2. The zero-order valence-electron chi connectivity index (χ0n) is 17.4. The number of methoxy groups -OCH3 is 1. The van der Waals surface area contributed by atoms with Gasteiger partial charge in [0.25, 0.3) is 10.0 Å². The Balaban J connectivity index is 2.25. The van der Waals surface area contributed by atoms with E-state index in [1.54, 1.807) is 48.5 Å². The molecule has 0 unspecified atom stereocenters. The Morgan fingerprint density at radius 2 is 1.66 bits per heavy atom. The molecule has 1 N–H and O–H groups in total. The molecule has 0 heterocycles. The van der Waals surface area contributed by atoms with E-state index in [1.807, 2.05) is 25.9 Å². The molecule has 8 heteroatoms. The van der Waals surface area contributed by atoms with Gasteiger partial charge >= 0.3 is 0 Å². The third-order valence-corrected chi connectivity index (χ3v) is 6.15. The second-order valence-corrected chi connectivity index (χ2v) is 8.89. The summed E-state index contributed by atoms with van der Waals surface area (Å²) in [6.45, 7) is 2.91. The van der Waals surface area contributed by atoms with Crippen LogP contribution in [0.2, 0.25) is 0 Å². The van der Waals surface area contributed by atoms with Gasteiger partial charge in [0, 0.05) is 6.54 Å². The van der Waals surface area contributed by atoms with Crippen LogP contribution in [-0.4, -0.2) is 60.1 Å². The number of sulfonamides is 1. The molecule has 2 rings (SSSR count). The van der Waals surface area contributed by atoms with Crippen molar-refractivity contribution in [3.05, 3.63) is 54.1 Å². The number of nitrogens with one attached hydrogen (secondary N) is 1. The van der Waals surface area contributed by atoms with Crippen molar-refractivity contribution in [1.82, 2.24) is 10.2 Å². The average Bonchev–Trinajstić information content (AvgIpc) is 2.69. The number of carbonyl (C=O) groups excluding carboxylic acids is 1. The molecule has 7 nitrogen and oxygen atoms in total. The highest BCUT2D eigenvalue weighted by Gasteiger charge is 2.27. The monoisotopic (exact) mass is 419 g/mol. The molecule has 158 valence electrons. The number of ether oxygens (including phenoxy) is 1. The van der Waals surface area contributed by atoms with E-state index in [0.29, 0.717) is 18.0 Å². The first kappa shape index (κ1) is 22.7. The number of anilines is 1. The first-order valence-electron chi connectivity index (χ1n) is 9.39. The Hall–Kier alpha value is -2.58. The molecule has 0 spiro atoms. The fourth-order valence-corrected chi connectivity index (χ4v) is 4.13. The van der Waals surface area contributed by atoms with Crippen LogP contribution in [0.5, 0.6) is 5.75 Å². The van der Waals surface area contributed by atoms with Crippen molar-refractivity contribution in [2.24, 2.45) is 0 Å². The Labute approximate surface area is 173 Å². The Bertz CT molecular complexity index is 895. The average molecular weight is 420 g/mol. The highest BCUT2D eigenvalue weighted by molar-refractivity contribution is 7.92. The topological polar surface area (TPSA) is 79.0 Å². The van der Waals surface area contributed by atoms with E-state index in [-0.39, 0.29) is 17.3 Å². The summed E-state index contributed by atoms with van der Waals surface area (Å²) in [6, 6.07) is 13.2. The van der Waals surface area contributed by atoms with Crippen molar-refractivity contribution in [3.8, 4) is 5.75 Å². The summed E-state index contributed by atoms with van der Waals surface area (Å²) in [5.74, 6) is 0.254. The van der Waals surface area contributed by atoms with Crippen LogP contribution >= 0.6 is 0 Å². The van der Waals surface area contributed by atoms with E-state index in [4.69, 9.17) is 4.74 Å². The normalized spacial score (nSPS) is 11.3. The molecule has 2 aromatic carbocycles. The lowest BCUT2D eigenvalue weighted by Crippen LogP contribution is -2.41. The quantitative estimate of drug-likeness (QED) is 0.598. The molecule has 0 aliphatic carbocycles. The van der Waals surface area contributed by atoms with Crippen molar-refractivity contribution < 1.29 is 17.9 Å². The first-order chi connectivity index (χ1) is 13.7. The molecule has 0 saturated heterocycles. The summed E-state index contributed by atoms with van der Waals surface area (Å²) in [4.78, 5) is 14.6. The second-order valence-electron chi connectivity index (χ2n) is 7.03. The Morgan fingerprint density at radius 1 is 1.03 bits per heavy atom. The zero-order valence-corrected chi connectivity index (χ0v) is 18.2. The molecule has 0 radical (unpaired) electrons. The predicted molar refractivity (Wildman–Crippen MR) is 115 cm³/mol. The number of carbonyl (C=O) groups is 1. The largest absolute Gasteiger partial charge is 0.497 e. The smallest absolute Gasteiger partial charge is 0.264 e. The minimum atomic E-state index is -3.91. The van der Waals surface area contributed by atoms with Crippen molar-refractivity contribution in [1.29, 1.82) is 0 Å². The summed E-state index contributed by atoms with van der Waals surface area (Å²) in [5.41, 5.74) is 1.35. The highest BCUT2D eigenvalue weighted by atomic mass is 32.2. The molecule has 2 aromatic rings. The summed E-state index contributed by atoms with van der Waals surface area (Å²) in [6.07, 6.45) is 0.784. The van der Waals surface area contributed by atoms with E-state index in [0.717, 1.165) is 22.8 Å². The SMILES string of the molecule is COc1ccc(N(CC(=O)NCCCN(C)C)S(=O)(=O)c2ccc(C)cc2)cc1. The molecule has 0 aliphatic rings. The van der Waals surface area contributed by atoms with Crippen LogP contribution in [0.15, 0.2) is 53.4 Å². The van der Waals surface area contributed by atoms with Gasteiger partial charge in [-0.25, -0.2) is 8.42 Å². The minimum Gasteiger partial charge on any atom is -0.497 e. The van der Waals surface area contributed by atoms with Crippen molar-refractivity contribution >= 4 is 21.6 Å². The molecule has 1 amide bonds. The summed E-state index contributed by atoms with van der Waals surface area (Å²) >= 11 is 0. The van der Waals surface area contributed by atoms with Crippen LogP contribution in [0.25, 0.3) is 0 Å². The number of hydrogen-bond acceptors (Lipinski definition) is 5. The van der Waals surface area contributed by atoms with Gasteiger partial charge < -0.3 is 15.0 Å². The van der Waals surface area contributed by atoms with E-state index in [9.17, 15) is 13.2 Å². The molecule has 0 bridgehead atoms. The van der Waals surface area contributed by atoms with Gasteiger partial charge in [-0.3, -0.25) is 9.10 Å². The fourth-order valence-electron chi connectivity index (χ4n) is 2.71. The zero-order chi connectivity index (χ0) is 21.4. The number of hydrogen-bond donors (Lipinski definition) is 1. The molecule has 29 heavy (non-hydrogen) atoms. The van der Waals surface area contributed by atoms with Gasteiger partial charge in [0.05, 0.1) is 17.7 Å². The summed E-state index contributed by atoms with van der Waals surface area (Å²) < 4.78 is 32.8. The van der Waals surface area contributed by atoms with E-state index < -0.39 is 10.0 Å². The Morgan fingerprint density at radius 3 is 2.21 bits per heavy atom. The van der Waals surface area contributed by atoms with Crippen LogP contribution in [-0.2, 0) is 14.8 Å². The summed E-state index contributed by atoms with van der Waals surface area (Å²) in [5, 5.41) is 2.80. The second kappa shape index (κ2) is 10.3. The molecule has 0 fully saturated rings. The van der Waals surface area contributed by atoms with Crippen molar-refractivity contribution in [2.75, 3.05) is 45.1 Å². The van der Waals surface area contributed by atoms with Crippen LogP contribution in [0.3, 0.4) is 0 Å². The van der Waals surface area contributed by atoms with Crippen molar-refractivity contribution in [3.63, 3.8) is 0 Å². The van der Waals surface area contributed by atoms with Crippen LogP contribution < -0.4 is 14.4 Å². The number of aryl methyl sites for hydroxylation is 1. The van der Waals surface area contributed by atoms with Crippen molar-refractivity contribution in [2.45, 2.75) is 18.2 Å². The highest BCUT2D eigenvalue weighted by Crippen LogP contribution is 2.25. The number of nitrogens with zero attached hydrogens (tertiary/aromatic N) is 2. The minimum absolute atomic E-state index is 0.138. The van der Waals surface area contributed by atoms with E-state index >= 15 is 0 Å². The van der Waals surface area contributed by atoms with Gasteiger partial charge in [0.1, 0.15) is 12.3 Å². The van der Waals surface area contributed by atoms with Gasteiger partial charge in [-0.15, -0.1) is 0 Å². The summed E-state index contributed by atoms with van der Waals surface area (Å²) in [7, 11) is 1.55. The first-order valence-corrected chi connectivity index (χ1v) is 10.8. The van der Waals surface area contributed by atoms with E-state index in [2.05, 4.69) is 5.32 Å². The van der Waals surface area contributed by atoms with Crippen LogP contribution in [0, 0.1) is 6.92 Å². The van der Waals surface area contributed by atoms with Gasteiger partial charge in [-0.1, -0.05) is 17.7 Å². The van der Waals surface area contributed by atoms with Gasteiger partial charge in [-0.05, 0) is 70.4 Å². The number of amides is 1. The number of rotatable bonds is 10. The molecule has 0 atom stereocenters. The maximum absolute atomic E-state index is 13.3. The third-order valence-electron chi connectivity index (χ3n) is 4.36. The maximum Gasteiger partial charge on any atom is 0.264 e. The lowest BCUT2D eigenvalue weighted by Gasteiger charge is -2.24. The standard InChI is InChI=1S/C21H29N3O4S/c1-17-6-12-20(13-7-17)29(26,27)24(18-8-10-19(28-4)11-9-18)16-21(25)22-14-5-15-23(2)3/h6-13H,5,14-16H2,1-4H3,(H,22,25). The van der Waals surface area contributed by atoms with Crippen LogP contribution in [0.1, 0.15) is 12.0 Å². The fraction of sp³-hybridized carbons (Fsp3) is 0.381. The lowest BCUT2D eigenvalue weighted by molar-refractivity contribution is -0.119. The molecular formula is C21H29N3O4S. The van der Waals surface area contributed by atoms with Gasteiger partial charge in [-0.2, -0.15) is 0 Å². The van der Waals surface area contributed by atoms with E-state index in [1.165, 1.54) is 7.11 Å². The Kier molecular flexibility index (Phi) is 8.04. The number of benzene rings is 2. The molecule has 0 aliphatic heterocycles. The van der Waals surface area contributed by atoms with Gasteiger partial charge in [0.15, 0.2) is 0 Å². The maximum atomic E-state index is 13.3. The third kappa shape index (κ3) is 6.47. The molecule has 0 saturated carbocycles. The predicted octanol–water partition coefficient (Wildman–Crippen LogP) is 2.27. The van der Waals surface area contributed by atoms with Crippen LogP contribution in [0.4, 0.5) is 5.69 Å². The van der Waals surface area contributed by atoms with Gasteiger partial charge in [0.2, 0.25) is 5.91 Å².